The fourth-order valence-corrected chi connectivity index (χ4v) is 2.49. The summed E-state index contributed by atoms with van der Waals surface area (Å²) in [6.45, 7) is 1.86. The van der Waals surface area contributed by atoms with E-state index in [2.05, 4.69) is 52.8 Å². The van der Waals surface area contributed by atoms with Gasteiger partial charge in [0.25, 0.3) is 0 Å². The van der Waals surface area contributed by atoms with Crippen LogP contribution in [-0.2, 0) is 6.54 Å². The van der Waals surface area contributed by atoms with Gasteiger partial charge >= 0.3 is 0 Å². The van der Waals surface area contributed by atoms with Crippen LogP contribution in [0.2, 0.25) is 0 Å². The third kappa shape index (κ3) is 2.37. The van der Waals surface area contributed by atoms with Crippen LogP contribution in [0.4, 0.5) is 0 Å². The molecule has 0 unspecified atom stereocenters. The van der Waals surface area contributed by atoms with Crippen molar-refractivity contribution in [1.29, 1.82) is 0 Å². The molecular weight excluding hydrogens is 220 g/mol. The van der Waals surface area contributed by atoms with E-state index in [0.29, 0.717) is 0 Å². The Morgan fingerprint density at radius 2 is 1.89 bits per heavy atom. The lowest BCUT2D eigenvalue weighted by atomic mass is 10.0. The van der Waals surface area contributed by atoms with Crippen LogP contribution < -0.4 is 5.32 Å². The predicted octanol–water partition coefficient (Wildman–Crippen LogP) is 3.51. The van der Waals surface area contributed by atoms with Gasteiger partial charge in [0.2, 0.25) is 0 Å². The summed E-state index contributed by atoms with van der Waals surface area (Å²) in [6, 6.07) is 15.0. The zero-order chi connectivity index (χ0) is 12.2. The molecule has 0 atom stereocenters. The second-order valence-corrected chi connectivity index (χ2v) is 4.78. The molecule has 2 nitrogen and oxygen atoms in total. The minimum Gasteiger partial charge on any atom is -0.370 e. The van der Waals surface area contributed by atoms with E-state index in [1.54, 1.807) is 0 Å². The van der Waals surface area contributed by atoms with Crippen LogP contribution in [0.5, 0.6) is 0 Å². The smallest absolute Gasteiger partial charge is 0.0965 e. The van der Waals surface area contributed by atoms with Gasteiger partial charge in [-0.15, -0.1) is 0 Å². The number of fused-ring (bicyclic) bond motifs is 1. The Balaban J connectivity index is 1.80. The summed E-state index contributed by atoms with van der Waals surface area (Å²) in [7, 11) is 0. The van der Waals surface area contributed by atoms with Crippen molar-refractivity contribution in [3.8, 4) is 0 Å². The van der Waals surface area contributed by atoms with Crippen LogP contribution >= 0.6 is 0 Å². The molecule has 18 heavy (non-hydrogen) atoms. The molecule has 0 amide bonds. The van der Waals surface area contributed by atoms with Crippen molar-refractivity contribution in [3.63, 3.8) is 0 Å². The Bertz CT molecular complexity index is 567. The summed E-state index contributed by atoms with van der Waals surface area (Å²) in [5.41, 5.74) is 1.35. The molecule has 1 heterocycles. The SMILES string of the molecule is c1ccc2c(CNC3=NCCCC3)cccc2c1. The molecule has 0 bridgehead atoms. The number of hydrogen-bond acceptors (Lipinski definition) is 2. The van der Waals surface area contributed by atoms with Crippen molar-refractivity contribution in [2.45, 2.75) is 25.8 Å². The lowest BCUT2D eigenvalue weighted by molar-refractivity contribution is 0.707. The monoisotopic (exact) mass is 238 g/mol. The first-order valence-corrected chi connectivity index (χ1v) is 6.67. The van der Waals surface area contributed by atoms with E-state index in [4.69, 9.17) is 0 Å². The number of rotatable bonds is 2. The van der Waals surface area contributed by atoms with Gasteiger partial charge in [-0.25, -0.2) is 0 Å². The van der Waals surface area contributed by atoms with Gasteiger partial charge in [-0.1, -0.05) is 42.5 Å². The second kappa shape index (κ2) is 5.21. The van der Waals surface area contributed by atoms with Crippen LogP contribution in [0.25, 0.3) is 10.8 Å². The Hall–Kier alpha value is -1.83. The Morgan fingerprint density at radius 3 is 2.78 bits per heavy atom. The van der Waals surface area contributed by atoms with Crippen molar-refractivity contribution in [2.75, 3.05) is 6.54 Å². The molecule has 2 aromatic rings. The minimum atomic E-state index is 0.875. The fraction of sp³-hybridized carbons (Fsp3) is 0.312. The predicted molar refractivity (Wildman–Crippen MR) is 76.9 cm³/mol. The van der Waals surface area contributed by atoms with E-state index in [1.807, 2.05) is 0 Å². The van der Waals surface area contributed by atoms with E-state index in [-0.39, 0.29) is 0 Å². The fourth-order valence-electron chi connectivity index (χ4n) is 2.49. The van der Waals surface area contributed by atoms with Gasteiger partial charge in [-0.3, -0.25) is 4.99 Å². The maximum Gasteiger partial charge on any atom is 0.0965 e. The average molecular weight is 238 g/mol. The minimum absolute atomic E-state index is 0.875. The number of benzene rings is 2. The molecular formula is C16H18N2. The van der Waals surface area contributed by atoms with E-state index < -0.39 is 0 Å². The van der Waals surface area contributed by atoms with Gasteiger partial charge in [-0.05, 0) is 29.2 Å². The highest BCUT2D eigenvalue weighted by Gasteiger charge is 2.05. The van der Waals surface area contributed by atoms with Crippen LogP contribution in [0.3, 0.4) is 0 Å². The summed E-state index contributed by atoms with van der Waals surface area (Å²) >= 11 is 0. The molecule has 0 aliphatic carbocycles. The first-order chi connectivity index (χ1) is 8.93. The third-order valence-corrected chi connectivity index (χ3v) is 3.49. The van der Waals surface area contributed by atoms with Crippen molar-refractivity contribution < 1.29 is 0 Å². The molecule has 0 aromatic heterocycles. The van der Waals surface area contributed by atoms with Gasteiger partial charge < -0.3 is 5.32 Å². The largest absolute Gasteiger partial charge is 0.370 e. The molecule has 0 spiro atoms. The van der Waals surface area contributed by atoms with Gasteiger partial charge in [0, 0.05) is 19.5 Å². The molecule has 0 saturated carbocycles. The van der Waals surface area contributed by atoms with E-state index >= 15 is 0 Å². The van der Waals surface area contributed by atoms with Crippen LogP contribution in [-0.4, -0.2) is 12.4 Å². The molecule has 92 valence electrons. The molecule has 0 radical (unpaired) electrons. The van der Waals surface area contributed by atoms with E-state index in [1.165, 1.54) is 35.0 Å². The van der Waals surface area contributed by atoms with E-state index in [0.717, 1.165) is 19.5 Å². The molecule has 1 aliphatic heterocycles. The number of nitrogens with one attached hydrogen (secondary N) is 1. The summed E-state index contributed by atoms with van der Waals surface area (Å²) in [6.07, 6.45) is 3.60. The molecule has 3 rings (SSSR count). The Morgan fingerprint density at radius 1 is 1.00 bits per heavy atom. The molecule has 1 aliphatic rings. The lowest BCUT2D eigenvalue weighted by Crippen LogP contribution is -2.25. The van der Waals surface area contributed by atoms with Gasteiger partial charge in [0.05, 0.1) is 5.84 Å². The first kappa shape index (κ1) is 11.3. The van der Waals surface area contributed by atoms with Crippen molar-refractivity contribution in [3.05, 3.63) is 48.0 Å². The van der Waals surface area contributed by atoms with Gasteiger partial charge in [0.15, 0.2) is 0 Å². The highest BCUT2D eigenvalue weighted by molar-refractivity contribution is 5.87. The number of aliphatic imine (C=N–C) groups is 1. The summed E-state index contributed by atoms with van der Waals surface area (Å²) < 4.78 is 0. The first-order valence-electron chi connectivity index (χ1n) is 6.67. The lowest BCUT2D eigenvalue weighted by Gasteiger charge is -2.14. The molecule has 2 aromatic carbocycles. The molecule has 1 N–H and O–H groups in total. The van der Waals surface area contributed by atoms with Gasteiger partial charge in [-0.2, -0.15) is 0 Å². The average Bonchev–Trinajstić information content (AvgIpc) is 2.46. The van der Waals surface area contributed by atoms with Crippen LogP contribution in [0.15, 0.2) is 47.5 Å². The van der Waals surface area contributed by atoms with Crippen molar-refractivity contribution in [1.82, 2.24) is 5.32 Å². The summed E-state index contributed by atoms with van der Waals surface area (Å²) in [5, 5.41) is 6.12. The maximum absolute atomic E-state index is 4.53. The normalized spacial score (nSPS) is 15.4. The number of amidine groups is 1. The third-order valence-electron chi connectivity index (χ3n) is 3.49. The molecule has 0 fully saturated rings. The number of hydrogen-bond donors (Lipinski definition) is 1. The highest BCUT2D eigenvalue weighted by atomic mass is 15.0. The molecule has 0 saturated heterocycles. The van der Waals surface area contributed by atoms with Crippen LogP contribution in [0.1, 0.15) is 24.8 Å². The quantitative estimate of drug-likeness (QED) is 0.850. The molecule has 2 heteroatoms. The van der Waals surface area contributed by atoms with Crippen molar-refractivity contribution >= 4 is 16.6 Å². The summed E-state index contributed by atoms with van der Waals surface area (Å²) in [4.78, 5) is 4.53. The second-order valence-electron chi connectivity index (χ2n) is 4.78. The van der Waals surface area contributed by atoms with E-state index in [9.17, 15) is 0 Å². The zero-order valence-corrected chi connectivity index (χ0v) is 10.5. The highest BCUT2D eigenvalue weighted by Crippen LogP contribution is 2.18. The Kier molecular flexibility index (Phi) is 3.26. The maximum atomic E-state index is 4.53. The topological polar surface area (TPSA) is 24.4 Å². The van der Waals surface area contributed by atoms with Crippen molar-refractivity contribution in [2.24, 2.45) is 4.99 Å². The van der Waals surface area contributed by atoms with Gasteiger partial charge in [0.1, 0.15) is 0 Å². The van der Waals surface area contributed by atoms with Crippen LogP contribution in [0, 0.1) is 0 Å². The number of nitrogens with zero attached hydrogens (tertiary/aromatic N) is 1. The standard InChI is InChI=1S/C16H18N2/c1-2-9-15-13(6-1)7-5-8-14(15)12-18-16-10-3-4-11-17-16/h1-2,5-9H,3-4,10-12H2,(H,17,18). The summed E-state index contributed by atoms with van der Waals surface area (Å²) in [5.74, 6) is 1.18. The Labute approximate surface area is 108 Å². The zero-order valence-electron chi connectivity index (χ0n) is 10.5.